The maximum atomic E-state index is 12.4. The van der Waals surface area contributed by atoms with E-state index in [4.69, 9.17) is 5.73 Å². The summed E-state index contributed by atoms with van der Waals surface area (Å²) in [7, 11) is 0. The van der Waals surface area contributed by atoms with Crippen molar-refractivity contribution in [3.05, 3.63) is 64.7 Å². The highest BCUT2D eigenvalue weighted by molar-refractivity contribution is 6.05. The first-order chi connectivity index (χ1) is 9.78. The molecule has 2 aromatic rings. The summed E-state index contributed by atoms with van der Waals surface area (Å²) in [6.45, 7) is 0.477. The van der Waals surface area contributed by atoms with Gasteiger partial charge in [0.15, 0.2) is 0 Å². The molecule has 1 amide bonds. The molecule has 0 saturated heterocycles. The average molecular weight is 266 g/mol. The van der Waals surface area contributed by atoms with Gasteiger partial charge < -0.3 is 11.1 Å². The van der Waals surface area contributed by atoms with Crippen LogP contribution in [0.15, 0.2) is 42.5 Å². The number of rotatable bonds is 3. The van der Waals surface area contributed by atoms with Crippen molar-refractivity contribution in [2.24, 2.45) is 5.73 Å². The summed E-state index contributed by atoms with van der Waals surface area (Å²) in [6, 6.07) is 13.7. The van der Waals surface area contributed by atoms with Gasteiger partial charge >= 0.3 is 0 Å². The SMILES string of the molecule is NCc1cccc(NC(=O)c2cccc3c2CCC3)c1. The van der Waals surface area contributed by atoms with Gasteiger partial charge in [0.2, 0.25) is 0 Å². The number of anilines is 1. The van der Waals surface area contributed by atoms with Crippen molar-refractivity contribution in [3.63, 3.8) is 0 Å². The lowest BCUT2D eigenvalue weighted by molar-refractivity contribution is 0.102. The molecular weight excluding hydrogens is 248 g/mol. The second-order valence-corrected chi connectivity index (χ2v) is 5.16. The maximum absolute atomic E-state index is 12.4. The van der Waals surface area contributed by atoms with Gasteiger partial charge in [-0.1, -0.05) is 24.3 Å². The molecule has 1 aliphatic carbocycles. The van der Waals surface area contributed by atoms with Crippen molar-refractivity contribution < 1.29 is 4.79 Å². The second-order valence-electron chi connectivity index (χ2n) is 5.16. The van der Waals surface area contributed by atoms with E-state index in [2.05, 4.69) is 11.4 Å². The molecule has 3 heteroatoms. The maximum Gasteiger partial charge on any atom is 0.255 e. The minimum absolute atomic E-state index is 0.0297. The fraction of sp³-hybridized carbons (Fsp3) is 0.235. The van der Waals surface area contributed by atoms with E-state index in [0.29, 0.717) is 6.54 Å². The van der Waals surface area contributed by atoms with E-state index < -0.39 is 0 Å². The minimum atomic E-state index is -0.0297. The molecular formula is C17H18N2O. The molecule has 0 spiro atoms. The number of aryl methyl sites for hydroxylation is 1. The zero-order valence-corrected chi connectivity index (χ0v) is 11.4. The van der Waals surface area contributed by atoms with Gasteiger partial charge in [0.25, 0.3) is 5.91 Å². The van der Waals surface area contributed by atoms with Crippen molar-refractivity contribution in [2.75, 3.05) is 5.32 Å². The lowest BCUT2D eigenvalue weighted by atomic mass is 10.0. The fourth-order valence-electron chi connectivity index (χ4n) is 2.81. The number of benzene rings is 2. The summed E-state index contributed by atoms with van der Waals surface area (Å²) in [5, 5.41) is 2.97. The van der Waals surface area contributed by atoms with Crippen LogP contribution in [0.5, 0.6) is 0 Å². The Bertz CT molecular complexity index is 649. The Hall–Kier alpha value is -2.13. The number of carbonyl (C=O) groups excluding carboxylic acids is 1. The largest absolute Gasteiger partial charge is 0.326 e. The standard InChI is InChI=1S/C17H18N2O/c18-11-12-4-1-7-14(10-12)19-17(20)16-9-3-6-13-5-2-8-15(13)16/h1,3-4,6-7,9-10H,2,5,8,11,18H2,(H,19,20). The van der Waals surface area contributed by atoms with Gasteiger partial charge in [-0.2, -0.15) is 0 Å². The summed E-state index contributed by atoms with van der Waals surface area (Å²) in [5.74, 6) is -0.0297. The Labute approximate surface area is 118 Å². The lowest BCUT2D eigenvalue weighted by Crippen LogP contribution is -2.14. The zero-order valence-electron chi connectivity index (χ0n) is 11.4. The topological polar surface area (TPSA) is 55.1 Å². The van der Waals surface area contributed by atoms with E-state index in [9.17, 15) is 4.79 Å². The number of hydrogen-bond donors (Lipinski definition) is 2. The molecule has 0 unspecified atom stereocenters. The van der Waals surface area contributed by atoms with Crippen LogP contribution >= 0.6 is 0 Å². The number of nitrogens with two attached hydrogens (primary N) is 1. The van der Waals surface area contributed by atoms with Gasteiger partial charge in [-0.15, -0.1) is 0 Å². The van der Waals surface area contributed by atoms with Crippen LogP contribution in [0.2, 0.25) is 0 Å². The number of amides is 1. The van der Waals surface area contributed by atoms with E-state index >= 15 is 0 Å². The number of carbonyl (C=O) groups is 1. The Morgan fingerprint density at radius 2 is 2.00 bits per heavy atom. The van der Waals surface area contributed by atoms with Gasteiger partial charge in [0.1, 0.15) is 0 Å². The molecule has 20 heavy (non-hydrogen) atoms. The van der Waals surface area contributed by atoms with Crippen molar-refractivity contribution >= 4 is 11.6 Å². The van der Waals surface area contributed by atoms with Crippen LogP contribution in [0.4, 0.5) is 5.69 Å². The highest BCUT2D eigenvalue weighted by Gasteiger charge is 2.18. The highest BCUT2D eigenvalue weighted by atomic mass is 16.1. The molecule has 1 aliphatic rings. The second kappa shape index (κ2) is 5.47. The first kappa shape index (κ1) is 12.9. The van der Waals surface area contributed by atoms with Crippen molar-refractivity contribution in [1.82, 2.24) is 0 Å². The molecule has 3 N–H and O–H groups in total. The lowest BCUT2D eigenvalue weighted by Gasteiger charge is -2.10. The first-order valence-corrected chi connectivity index (χ1v) is 6.99. The van der Waals surface area contributed by atoms with Crippen LogP contribution in [0.3, 0.4) is 0 Å². The third-order valence-electron chi connectivity index (χ3n) is 3.81. The van der Waals surface area contributed by atoms with Gasteiger partial charge in [-0.05, 0) is 54.2 Å². The van der Waals surface area contributed by atoms with Gasteiger partial charge in [-0.25, -0.2) is 0 Å². The van der Waals surface area contributed by atoms with Crippen LogP contribution in [-0.2, 0) is 19.4 Å². The number of hydrogen-bond acceptors (Lipinski definition) is 2. The van der Waals surface area contributed by atoms with Crippen LogP contribution < -0.4 is 11.1 Å². The Morgan fingerprint density at radius 1 is 1.15 bits per heavy atom. The number of fused-ring (bicyclic) bond motifs is 1. The number of nitrogens with one attached hydrogen (secondary N) is 1. The van der Waals surface area contributed by atoms with Gasteiger partial charge in [-0.3, -0.25) is 4.79 Å². The van der Waals surface area contributed by atoms with Crippen LogP contribution in [0, 0.1) is 0 Å². The molecule has 0 saturated carbocycles. The molecule has 102 valence electrons. The highest BCUT2D eigenvalue weighted by Crippen LogP contribution is 2.26. The monoisotopic (exact) mass is 266 g/mol. The van der Waals surface area contributed by atoms with Gasteiger partial charge in [0.05, 0.1) is 0 Å². The summed E-state index contributed by atoms with van der Waals surface area (Å²) < 4.78 is 0. The van der Waals surface area contributed by atoms with E-state index in [0.717, 1.165) is 36.1 Å². The van der Waals surface area contributed by atoms with E-state index in [-0.39, 0.29) is 5.91 Å². The molecule has 0 heterocycles. The molecule has 0 aromatic heterocycles. The van der Waals surface area contributed by atoms with Crippen molar-refractivity contribution in [3.8, 4) is 0 Å². The summed E-state index contributed by atoms with van der Waals surface area (Å²) in [6.07, 6.45) is 3.23. The van der Waals surface area contributed by atoms with E-state index in [1.54, 1.807) is 0 Å². The zero-order chi connectivity index (χ0) is 13.9. The average Bonchev–Trinajstić information content (AvgIpc) is 2.95. The Kier molecular flexibility index (Phi) is 3.52. The van der Waals surface area contributed by atoms with Crippen LogP contribution in [0.1, 0.15) is 33.5 Å². The van der Waals surface area contributed by atoms with Gasteiger partial charge in [0, 0.05) is 17.8 Å². The molecule has 0 fully saturated rings. The Balaban J connectivity index is 1.85. The fourth-order valence-corrected chi connectivity index (χ4v) is 2.81. The summed E-state index contributed by atoms with van der Waals surface area (Å²) in [4.78, 5) is 12.4. The predicted molar refractivity (Wildman–Crippen MR) is 80.8 cm³/mol. The molecule has 3 nitrogen and oxygen atoms in total. The Morgan fingerprint density at radius 3 is 2.85 bits per heavy atom. The molecule has 2 aromatic carbocycles. The van der Waals surface area contributed by atoms with E-state index in [1.807, 2.05) is 36.4 Å². The van der Waals surface area contributed by atoms with Crippen LogP contribution in [0.25, 0.3) is 0 Å². The van der Waals surface area contributed by atoms with E-state index in [1.165, 1.54) is 11.1 Å². The molecule has 3 rings (SSSR count). The molecule has 0 atom stereocenters. The van der Waals surface area contributed by atoms with Crippen molar-refractivity contribution in [2.45, 2.75) is 25.8 Å². The van der Waals surface area contributed by atoms with Crippen molar-refractivity contribution in [1.29, 1.82) is 0 Å². The van der Waals surface area contributed by atoms with Crippen LogP contribution in [-0.4, -0.2) is 5.91 Å². The third kappa shape index (κ3) is 2.45. The first-order valence-electron chi connectivity index (χ1n) is 6.99. The summed E-state index contributed by atoms with van der Waals surface area (Å²) in [5.41, 5.74) is 10.8. The minimum Gasteiger partial charge on any atom is -0.326 e. The molecule has 0 aliphatic heterocycles. The normalized spacial score (nSPS) is 13.1. The molecule has 0 radical (unpaired) electrons. The quantitative estimate of drug-likeness (QED) is 0.897. The third-order valence-corrected chi connectivity index (χ3v) is 3.81. The molecule has 0 bridgehead atoms. The summed E-state index contributed by atoms with van der Waals surface area (Å²) >= 11 is 0. The predicted octanol–water partition coefficient (Wildman–Crippen LogP) is 2.89. The smallest absolute Gasteiger partial charge is 0.255 e.